The Hall–Kier alpha value is -2.58. The Labute approximate surface area is 126 Å². The van der Waals surface area contributed by atoms with Gasteiger partial charge in [0.25, 0.3) is 5.56 Å². The summed E-state index contributed by atoms with van der Waals surface area (Å²) in [6.07, 6.45) is 0.000648. The van der Waals surface area contributed by atoms with Crippen molar-refractivity contribution in [1.82, 2.24) is 9.13 Å². The highest BCUT2D eigenvalue weighted by molar-refractivity contribution is 5.55. The average molecular weight is 301 g/mol. The molecule has 0 spiro atoms. The summed E-state index contributed by atoms with van der Waals surface area (Å²) >= 11 is 0. The van der Waals surface area contributed by atoms with Crippen LogP contribution in [0.1, 0.15) is 5.56 Å². The van der Waals surface area contributed by atoms with Crippen molar-refractivity contribution in [2.75, 3.05) is 24.7 Å². The number of hydrogen-bond donors (Lipinski definition) is 0. The Morgan fingerprint density at radius 1 is 1.23 bits per heavy atom. The lowest BCUT2D eigenvalue weighted by molar-refractivity contribution is 0.0667. The first-order chi connectivity index (χ1) is 10.5. The fraction of sp³-hybridized carbons (Fsp3) is 0.571. The Bertz CT molecular complexity index is 824. The molecule has 1 aromatic heterocycles. The number of ether oxygens (including phenoxy) is 1. The van der Waals surface area contributed by atoms with E-state index in [2.05, 4.69) is 12.1 Å². The predicted octanol–water partition coefficient (Wildman–Crippen LogP) is -1.12. The number of rotatable bonds is 0. The van der Waals surface area contributed by atoms with Crippen LogP contribution in [-0.4, -0.2) is 34.9 Å². The van der Waals surface area contributed by atoms with Gasteiger partial charge in [-0.3, -0.25) is 13.9 Å². The minimum atomic E-state index is -1.35. The Kier molecular flexibility index (Phi) is 3.08. The quantitative estimate of drug-likeness (QED) is 0.601. The van der Waals surface area contributed by atoms with Gasteiger partial charge >= 0.3 is 5.69 Å². The molecule has 1 fully saturated rings. The van der Waals surface area contributed by atoms with Gasteiger partial charge in [-0.2, -0.15) is 10.5 Å². The van der Waals surface area contributed by atoms with Gasteiger partial charge in [-0.15, -0.1) is 0 Å². The topological polar surface area (TPSA) is 104 Å². The zero-order valence-corrected chi connectivity index (χ0v) is 12.4. The number of morpholine rings is 1. The fourth-order valence-corrected chi connectivity index (χ4v) is 3.34. The van der Waals surface area contributed by atoms with E-state index < -0.39 is 22.7 Å². The van der Waals surface area contributed by atoms with Crippen molar-refractivity contribution in [3.05, 3.63) is 26.4 Å². The molecular formula is C14H15N5O3. The summed E-state index contributed by atoms with van der Waals surface area (Å²) < 4.78 is 7.85. The van der Waals surface area contributed by atoms with Crippen molar-refractivity contribution in [2.24, 2.45) is 19.5 Å². The van der Waals surface area contributed by atoms with E-state index in [0.29, 0.717) is 24.5 Å². The number of anilines is 1. The molecule has 0 bridgehead atoms. The van der Waals surface area contributed by atoms with E-state index >= 15 is 0 Å². The molecule has 2 aliphatic heterocycles. The standard InChI is InChI=1S/C14H15N5O3/c1-17-11-9(12(20)18(2)13(17)21)5-14(7-15,8-16)10-6-22-4-3-19(10)11/h10H,3-6H2,1-2H3/t10-/m1/s1. The van der Waals surface area contributed by atoms with Crippen molar-refractivity contribution in [1.29, 1.82) is 10.5 Å². The number of nitrogens with zero attached hydrogens (tertiary/aromatic N) is 5. The Morgan fingerprint density at radius 2 is 1.91 bits per heavy atom. The van der Waals surface area contributed by atoms with Gasteiger partial charge in [0.15, 0.2) is 5.41 Å². The summed E-state index contributed by atoms with van der Waals surface area (Å²) in [7, 11) is 3.00. The zero-order valence-electron chi connectivity index (χ0n) is 12.4. The van der Waals surface area contributed by atoms with Crippen LogP contribution in [0.25, 0.3) is 0 Å². The van der Waals surface area contributed by atoms with Gasteiger partial charge in [-0.1, -0.05) is 0 Å². The molecule has 0 unspecified atom stereocenters. The molecule has 22 heavy (non-hydrogen) atoms. The Balaban J connectivity index is 2.36. The van der Waals surface area contributed by atoms with E-state index in [9.17, 15) is 20.1 Å². The molecule has 3 rings (SSSR count). The van der Waals surface area contributed by atoms with Crippen LogP contribution in [-0.2, 0) is 25.3 Å². The predicted molar refractivity (Wildman–Crippen MR) is 76.2 cm³/mol. The first-order valence-corrected chi connectivity index (χ1v) is 6.92. The summed E-state index contributed by atoms with van der Waals surface area (Å²) in [6.45, 7) is 1.08. The maximum Gasteiger partial charge on any atom is 0.332 e. The third-order valence-electron chi connectivity index (χ3n) is 4.55. The van der Waals surface area contributed by atoms with Gasteiger partial charge in [-0.05, 0) is 0 Å². The fourth-order valence-electron chi connectivity index (χ4n) is 3.34. The average Bonchev–Trinajstić information content (AvgIpc) is 2.56. The summed E-state index contributed by atoms with van der Waals surface area (Å²) in [5.74, 6) is 0.502. The molecule has 0 radical (unpaired) electrons. The van der Waals surface area contributed by atoms with Crippen LogP contribution in [0.3, 0.4) is 0 Å². The van der Waals surface area contributed by atoms with E-state index in [1.165, 1.54) is 11.6 Å². The van der Waals surface area contributed by atoms with E-state index in [0.717, 1.165) is 4.57 Å². The van der Waals surface area contributed by atoms with E-state index in [1.54, 1.807) is 11.9 Å². The second-order valence-electron chi connectivity index (χ2n) is 5.66. The van der Waals surface area contributed by atoms with Gasteiger partial charge in [-0.25, -0.2) is 4.79 Å². The lowest BCUT2D eigenvalue weighted by atomic mass is 9.74. The lowest BCUT2D eigenvalue weighted by Gasteiger charge is -2.47. The highest BCUT2D eigenvalue weighted by Crippen LogP contribution is 2.40. The minimum Gasteiger partial charge on any atom is -0.377 e. The highest BCUT2D eigenvalue weighted by atomic mass is 16.5. The maximum absolute atomic E-state index is 12.5. The summed E-state index contributed by atoms with van der Waals surface area (Å²) in [5.41, 5.74) is -1.88. The first kappa shape index (κ1) is 14.4. The molecule has 3 heterocycles. The molecule has 0 saturated carbocycles. The van der Waals surface area contributed by atoms with Crippen molar-refractivity contribution < 1.29 is 4.74 Å². The molecule has 114 valence electrons. The monoisotopic (exact) mass is 301 g/mol. The maximum atomic E-state index is 12.5. The molecule has 0 amide bonds. The second-order valence-corrected chi connectivity index (χ2v) is 5.66. The van der Waals surface area contributed by atoms with Crippen LogP contribution < -0.4 is 16.1 Å². The molecule has 1 atom stereocenters. The van der Waals surface area contributed by atoms with Crippen LogP contribution in [0.15, 0.2) is 9.59 Å². The SMILES string of the molecule is Cn1c2c(c(=O)n(C)c1=O)CC(C#N)(C#N)[C@H]1COCCN21. The van der Waals surface area contributed by atoms with Crippen LogP contribution in [0, 0.1) is 28.1 Å². The van der Waals surface area contributed by atoms with Gasteiger partial charge in [0.1, 0.15) is 5.82 Å². The summed E-state index contributed by atoms with van der Waals surface area (Å²) in [4.78, 5) is 26.4. The van der Waals surface area contributed by atoms with Crippen LogP contribution >= 0.6 is 0 Å². The molecular weight excluding hydrogens is 286 g/mol. The van der Waals surface area contributed by atoms with Crippen LogP contribution in [0.2, 0.25) is 0 Å². The molecule has 0 aromatic carbocycles. The Morgan fingerprint density at radius 3 is 2.55 bits per heavy atom. The third-order valence-corrected chi connectivity index (χ3v) is 4.55. The van der Waals surface area contributed by atoms with E-state index in [1.807, 2.05) is 0 Å². The first-order valence-electron chi connectivity index (χ1n) is 6.92. The van der Waals surface area contributed by atoms with Gasteiger partial charge < -0.3 is 9.64 Å². The van der Waals surface area contributed by atoms with Crippen molar-refractivity contribution in [2.45, 2.75) is 12.5 Å². The normalized spacial score (nSPS) is 22.2. The zero-order chi connectivity index (χ0) is 16.1. The molecule has 0 N–H and O–H groups in total. The molecule has 2 aliphatic rings. The van der Waals surface area contributed by atoms with Crippen molar-refractivity contribution >= 4 is 5.82 Å². The molecule has 0 aliphatic carbocycles. The van der Waals surface area contributed by atoms with E-state index in [4.69, 9.17) is 4.74 Å². The van der Waals surface area contributed by atoms with Crippen molar-refractivity contribution in [3.63, 3.8) is 0 Å². The van der Waals surface area contributed by atoms with Gasteiger partial charge in [0, 0.05) is 27.1 Å². The molecule has 8 heteroatoms. The highest BCUT2D eigenvalue weighted by Gasteiger charge is 2.51. The molecule has 1 saturated heterocycles. The second kappa shape index (κ2) is 4.72. The van der Waals surface area contributed by atoms with Gasteiger partial charge in [0.2, 0.25) is 0 Å². The molecule has 8 nitrogen and oxygen atoms in total. The number of hydrogen-bond acceptors (Lipinski definition) is 6. The summed E-state index contributed by atoms with van der Waals surface area (Å²) in [5, 5.41) is 19.1. The molecule has 1 aromatic rings. The smallest absolute Gasteiger partial charge is 0.332 e. The van der Waals surface area contributed by atoms with Crippen LogP contribution in [0.5, 0.6) is 0 Å². The number of fused-ring (bicyclic) bond motifs is 3. The summed E-state index contributed by atoms with van der Waals surface area (Å²) in [6, 6.07) is 3.65. The number of nitriles is 2. The number of aromatic nitrogens is 2. The third kappa shape index (κ3) is 1.65. The van der Waals surface area contributed by atoms with Crippen molar-refractivity contribution in [3.8, 4) is 12.1 Å². The van der Waals surface area contributed by atoms with E-state index in [-0.39, 0.29) is 13.0 Å². The lowest BCUT2D eigenvalue weighted by Crippen LogP contribution is -2.61. The minimum absolute atomic E-state index is 0.000648. The largest absolute Gasteiger partial charge is 0.377 e. The van der Waals surface area contributed by atoms with Crippen LogP contribution in [0.4, 0.5) is 5.82 Å². The van der Waals surface area contributed by atoms with Gasteiger partial charge in [0.05, 0.1) is 37.0 Å².